The van der Waals surface area contributed by atoms with Crippen molar-refractivity contribution in [3.63, 3.8) is 0 Å². The van der Waals surface area contributed by atoms with Crippen LogP contribution in [-0.2, 0) is 9.47 Å². The van der Waals surface area contributed by atoms with Gasteiger partial charge in [-0.2, -0.15) is 0 Å². The van der Waals surface area contributed by atoms with Crippen molar-refractivity contribution < 1.29 is 24.1 Å². The second-order valence-corrected chi connectivity index (χ2v) is 7.58. The molecule has 5 heteroatoms. The molecule has 0 radical (unpaired) electrons. The third-order valence-corrected chi connectivity index (χ3v) is 5.57. The Bertz CT molecular complexity index is 1220. The highest BCUT2D eigenvalue weighted by atomic mass is 16.7. The van der Waals surface area contributed by atoms with Gasteiger partial charge in [0, 0.05) is 30.9 Å². The molecule has 32 heavy (non-hydrogen) atoms. The van der Waals surface area contributed by atoms with E-state index in [1.54, 1.807) is 14.2 Å². The Morgan fingerprint density at radius 3 is 2.06 bits per heavy atom. The largest absolute Gasteiger partial charge is 0.467 e. The van der Waals surface area contributed by atoms with Gasteiger partial charge in [0.1, 0.15) is 11.5 Å². The Hall–Kier alpha value is -3.12. The molecule has 0 aliphatic heterocycles. The van der Waals surface area contributed by atoms with Gasteiger partial charge in [0.2, 0.25) is 0 Å². The van der Waals surface area contributed by atoms with Crippen LogP contribution < -0.4 is 9.47 Å². The molecule has 4 rings (SSSR count). The van der Waals surface area contributed by atoms with E-state index in [2.05, 4.69) is 18.2 Å². The van der Waals surface area contributed by atoms with E-state index < -0.39 is 6.10 Å². The number of hydrogen-bond acceptors (Lipinski definition) is 5. The maximum atomic E-state index is 10.9. The number of ether oxygens (including phenoxy) is 4. The SMILES string of the molecule is CCC(O)c1cc2ccccc2c(-c2c(OCOC)ccc3ccccc23)c1OCOC. The second-order valence-electron chi connectivity index (χ2n) is 7.58. The molecule has 4 aromatic carbocycles. The Labute approximate surface area is 188 Å². The number of fused-ring (bicyclic) bond motifs is 2. The van der Waals surface area contributed by atoms with E-state index in [-0.39, 0.29) is 13.6 Å². The molecule has 1 unspecified atom stereocenters. The van der Waals surface area contributed by atoms with E-state index in [0.29, 0.717) is 17.9 Å². The molecule has 0 bridgehead atoms. The summed E-state index contributed by atoms with van der Waals surface area (Å²) in [6, 6.07) is 22.3. The van der Waals surface area contributed by atoms with Crippen LogP contribution in [0.4, 0.5) is 0 Å². The third-order valence-electron chi connectivity index (χ3n) is 5.57. The standard InChI is InChI=1S/C27H28O5/c1-4-23(28)22-15-19-10-6-8-12-21(19)26(27(22)32-17-30-3)25-20-11-7-5-9-18(20)13-14-24(25)31-16-29-2/h5-15,23,28H,4,16-17H2,1-3H3. The molecule has 0 spiro atoms. The fourth-order valence-corrected chi connectivity index (χ4v) is 4.09. The summed E-state index contributed by atoms with van der Waals surface area (Å²) in [6.07, 6.45) is -0.118. The fraction of sp³-hybridized carbons (Fsp3) is 0.259. The molecular formula is C27H28O5. The lowest BCUT2D eigenvalue weighted by Crippen LogP contribution is -2.08. The fourth-order valence-electron chi connectivity index (χ4n) is 4.09. The normalized spacial score (nSPS) is 12.2. The summed E-state index contributed by atoms with van der Waals surface area (Å²) in [5.41, 5.74) is 2.49. The van der Waals surface area contributed by atoms with E-state index >= 15 is 0 Å². The average Bonchev–Trinajstić information content (AvgIpc) is 2.84. The van der Waals surface area contributed by atoms with Crippen LogP contribution >= 0.6 is 0 Å². The van der Waals surface area contributed by atoms with Crippen LogP contribution in [0, 0.1) is 0 Å². The van der Waals surface area contributed by atoms with Gasteiger partial charge in [0.25, 0.3) is 0 Å². The van der Waals surface area contributed by atoms with Crippen LogP contribution in [0.15, 0.2) is 66.7 Å². The quantitative estimate of drug-likeness (QED) is 0.325. The van der Waals surface area contributed by atoms with E-state index in [4.69, 9.17) is 18.9 Å². The minimum Gasteiger partial charge on any atom is -0.467 e. The Kier molecular flexibility index (Phi) is 6.90. The average molecular weight is 433 g/mol. The minimum absolute atomic E-state index is 0.0633. The van der Waals surface area contributed by atoms with Crippen molar-refractivity contribution in [1.82, 2.24) is 0 Å². The van der Waals surface area contributed by atoms with Crippen molar-refractivity contribution in [3.05, 3.63) is 72.3 Å². The first-order valence-corrected chi connectivity index (χ1v) is 10.7. The molecule has 1 atom stereocenters. The predicted octanol–water partition coefficient (Wildman–Crippen LogP) is 6.07. The van der Waals surface area contributed by atoms with Gasteiger partial charge in [-0.15, -0.1) is 0 Å². The molecule has 5 nitrogen and oxygen atoms in total. The number of benzene rings is 4. The minimum atomic E-state index is -0.677. The van der Waals surface area contributed by atoms with Crippen LogP contribution in [0.25, 0.3) is 32.7 Å². The Morgan fingerprint density at radius 1 is 0.750 bits per heavy atom. The van der Waals surface area contributed by atoms with Crippen molar-refractivity contribution in [3.8, 4) is 22.6 Å². The number of aliphatic hydroxyl groups excluding tert-OH is 1. The zero-order valence-electron chi connectivity index (χ0n) is 18.6. The van der Waals surface area contributed by atoms with Gasteiger partial charge in [0.05, 0.1) is 6.10 Å². The van der Waals surface area contributed by atoms with Crippen LogP contribution in [0.5, 0.6) is 11.5 Å². The first-order valence-electron chi connectivity index (χ1n) is 10.7. The molecule has 4 aromatic rings. The van der Waals surface area contributed by atoms with E-state index in [0.717, 1.165) is 38.2 Å². The van der Waals surface area contributed by atoms with Crippen LogP contribution in [0.2, 0.25) is 0 Å². The van der Waals surface area contributed by atoms with Crippen LogP contribution in [-0.4, -0.2) is 32.9 Å². The number of hydrogen-bond donors (Lipinski definition) is 1. The van der Waals surface area contributed by atoms with E-state index in [1.807, 2.05) is 55.5 Å². The van der Waals surface area contributed by atoms with Gasteiger partial charge in [-0.05, 0) is 40.1 Å². The Morgan fingerprint density at radius 2 is 1.38 bits per heavy atom. The number of aliphatic hydroxyl groups is 1. The summed E-state index contributed by atoms with van der Waals surface area (Å²) < 4.78 is 22.6. The lowest BCUT2D eigenvalue weighted by Gasteiger charge is -2.23. The van der Waals surface area contributed by atoms with Gasteiger partial charge in [-0.1, -0.05) is 61.5 Å². The Balaban J connectivity index is 2.15. The van der Waals surface area contributed by atoms with Crippen molar-refractivity contribution >= 4 is 21.5 Å². The maximum Gasteiger partial charge on any atom is 0.188 e. The van der Waals surface area contributed by atoms with Gasteiger partial charge in [0.15, 0.2) is 13.6 Å². The zero-order valence-corrected chi connectivity index (χ0v) is 18.6. The van der Waals surface area contributed by atoms with Crippen molar-refractivity contribution in [2.75, 3.05) is 27.8 Å². The highest BCUT2D eigenvalue weighted by Gasteiger charge is 2.24. The molecule has 0 aromatic heterocycles. The molecule has 0 saturated carbocycles. The van der Waals surface area contributed by atoms with Gasteiger partial charge in [-0.25, -0.2) is 0 Å². The van der Waals surface area contributed by atoms with E-state index in [9.17, 15) is 5.11 Å². The summed E-state index contributed by atoms with van der Waals surface area (Å²) in [5, 5.41) is 15.0. The molecule has 0 saturated heterocycles. The summed E-state index contributed by atoms with van der Waals surface area (Å²) in [7, 11) is 3.18. The lowest BCUT2D eigenvalue weighted by molar-refractivity contribution is 0.0478. The summed E-state index contributed by atoms with van der Waals surface area (Å²) in [4.78, 5) is 0. The number of rotatable bonds is 9. The van der Waals surface area contributed by atoms with Crippen molar-refractivity contribution in [1.29, 1.82) is 0 Å². The molecular weight excluding hydrogens is 404 g/mol. The third kappa shape index (κ3) is 4.15. The maximum absolute atomic E-state index is 10.9. The van der Waals surface area contributed by atoms with Crippen LogP contribution in [0.1, 0.15) is 25.0 Å². The van der Waals surface area contributed by atoms with Crippen molar-refractivity contribution in [2.24, 2.45) is 0 Å². The van der Waals surface area contributed by atoms with Gasteiger partial charge >= 0.3 is 0 Å². The molecule has 166 valence electrons. The highest BCUT2D eigenvalue weighted by Crippen LogP contribution is 2.48. The number of methoxy groups -OCH3 is 2. The molecule has 0 amide bonds. The molecule has 0 heterocycles. The van der Waals surface area contributed by atoms with Crippen molar-refractivity contribution in [2.45, 2.75) is 19.4 Å². The first-order chi connectivity index (χ1) is 15.7. The molecule has 0 aliphatic carbocycles. The molecule has 1 N–H and O–H groups in total. The predicted molar refractivity (Wildman–Crippen MR) is 127 cm³/mol. The smallest absolute Gasteiger partial charge is 0.188 e. The zero-order chi connectivity index (χ0) is 22.5. The topological polar surface area (TPSA) is 57.2 Å². The van der Waals surface area contributed by atoms with Crippen LogP contribution in [0.3, 0.4) is 0 Å². The molecule has 0 fully saturated rings. The van der Waals surface area contributed by atoms with Gasteiger partial charge in [-0.3, -0.25) is 0 Å². The summed E-state index contributed by atoms with van der Waals surface area (Å²) in [6.45, 7) is 2.13. The first kappa shape index (κ1) is 22.1. The van der Waals surface area contributed by atoms with Gasteiger partial charge < -0.3 is 24.1 Å². The monoisotopic (exact) mass is 432 g/mol. The summed E-state index contributed by atoms with van der Waals surface area (Å²) >= 11 is 0. The lowest BCUT2D eigenvalue weighted by atomic mass is 9.89. The van der Waals surface area contributed by atoms with E-state index in [1.165, 1.54) is 0 Å². The second kappa shape index (κ2) is 10.0. The molecule has 0 aliphatic rings. The highest BCUT2D eigenvalue weighted by molar-refractivity contribution is 6.10. The summed E-state index contributed by atoms with van der Waals surface area (Å²) in [5.74, 6) is 1.28.